The van der Waals surface area contributed by atoms with Crippen LogP contribution >= 0.6 is 15.9 Å². The van der Waals surface area contributed by atoms with Gasteiger partial charge in [0.25, 0.3) is 0 Å². The van der Waals surface area contributed by atoms with Gasteiger partial charge < -0.3 is 10.0 Å². The largest absolute Gasteiger partial charge is 0.481 e. The van der Waals surface area contributed by atoms with E-state index in [1.54, 1.807) is 0 Å². The van der Waals surface area contributed by atoms with Gasteiger partial charge in [0.05, 0.1) is 5.92 Å². The Morgan fingerprint density at radius 1 is 1.50 bits per heavy atom. The zero-order chi connectivity index (χ0) is 13.7. The van der Waals surface area contributed by atoms with E-state index in [0.29, 0.717) is 13.0 Å². The Labute approximate surface area is 117 Å². The highest BCUT2D eigenvalue weighted by atomic mass is 79.9. The number of benzene rings is 1. The molecule has 0 spiro atoms. The Hall–Kier alpha value is -0.870. The summed E-state index contributed by atoms with van der Waals surface area (Å²) >= 11 is 3.46. The van der Waals surface area contributed by atoms with Crippen LogP contribution in [-0.2, 0) is 11.3 Å². The lowest BCUT2D eigenvalue weighted by atomic mass is 10.1. The van der Waals surface area contributed by atoms with Gasteiger partial charge in [-0.3, -0.25) is 4.79 Å². The summed E-state index contributed by atoms with van der Waals surface area (Å²) < 4.78 is 1.06. The molecule has 0 aliphatic heterocycles. The Morgan fingerprint density at radius 3 is 2.72 bits per heavy atom. The first-order chi connectivity index (χ1) is 8.43. The van der Waals surface area contributed by atoms with E-state index in [2.05, 4.69) is 39.9 Å². The SMILES string of the molecule is CCC(CN(C)Cc1cc(Br)ccc1C)C(=O)O. The van der Waals surface area contributed by atoms with Crippen LogP contribution in [0.4, 0.5) is 0 Å². The van der Waals surface area contributed by atoms with Crippen LogP contribution in [0.1, 0.15) is 24.5 Å². The number of aryl methyl sites for hydroxylation is 1. The maximum absolute atomic E-state index is 11.0. The van der Waals surface area contributed by atoms with E-state index in [4.69, 9.17) is 5.11 Å². The van der Waals surface area contributed by atoms with Crippen molar-refractivity contribution in [2.45, 2.75) is 26.8 Å². The minimum atomic E-state index is -0.713. The van der Waals surface area contributed by atoms with Crippen molar-refractivity contribution in [1.82, 2.24) is 4.90 Å². The van der Waals surface area contributed by atoms with Gasteiger partial charge >= 0.3 is 5.97 Å². The molecule has 0 saturated heterocycles. The first kappa shape index (κ1) is 15.2. The average molecular weight is 314 g/mol. The molecule has 0 saturated carbocycles. The molecular formula is C14H20BrNO2. The van der Waals surface area contributed by atoms with E-state index in [9.17, 15) is 4.79 Å². The topological polar surface area (TPSA) is 40.5 Å². The van der Waals surface area contributed by atoms with Gasteiger partial charge in [-0.15, -0.1) is 0 Å². The predicted octanol–water partition coefficient (Wildman–Crippen LogP) is 3.30. The van der Waals surface area contributed by atoms with Gasteiger partial charge in [-0.1, -0.05) is 28.9 Å². The predicted molar refractivity (Wildman–Crippen MR) is 76.6 cm³/mol. The smallest absolute Gasteiger partial charge is 0.307 e. The molecule has 1 atom stereocenters. The minimum absolute atomic E-state index is 0.289. The standard InChI is InChI=1S/C14H20BrNO2/c1-4-11(14(17)18)8-16(3)9-12-7-13(15)6-5-10(12)2/h5-7,11H,4,8-9H2,1-3H3,(H,17,18). The normalized spacial score (nSPS) is 12.7. The highest BCUT2D eigenvalue weighted by Gasteiger charge is 2.17. The van der Waals surface area contributed by atoms with Crippen molar-refractivity contribution in [1.29, 1.82) is 0 Å². The molecule has 18 heavy (non-hydrogen) atoms. The molecule has 0 amide bonds. The number of aliphatic carboxylic acids is 1. The van der Waals surface area contributed by atoms with Crippen LogP contribution in [0.25, 0.3) is 0 Å². The number of hydrogen-bond acceptors (Lipinski definition) is 2. The molecule has 100 valence electrons. The quantitative estimate of drug-likeness (QED) is 0.876. The lowest BCUT2D eigenvalue weighted by Gasteiger charge is -2.21. The van der Waals surface area contributed by atoms with Gasteiger partial charge in [-0.05, 0) is 43.7 Å². The summed E-state index contributed by atoms with van der Waals surface area (Å²) in [4.78, 5) is 13.1. The van der Waals surface area contributed by atoms with E-state index in [1.807, 2.05) is 20.0 Å². The third-order valence-corrected chi connectivity index (χ3v) is 3.62. The third-order valence-electron chi connectivity index (χ3n) is 3.13. The molecule has 1 aromatic carbocycles. The number of carboxylic acid groups (broad SMARTS) is 1. The fraction of sp³-hybridized carbons (Fsp3) is 0.500. The fourth-order valence-electron chi connectivity index (χ4n) is 1.92. The molecule has 0 radical (unpaired) electrons. The molecule has 1 rings (SSSR count). The molecule has 0 heterocycles. The lowest BCUT2D eigenvalue weighted by molar-refractivity contribution is -0.142. The van der Waals surface area contributed by atoms with Gasteiger partial charge in [-0.25, -0.2) is 0 Å². The summed E-state index contributed by atoms with van der Waals surface area (Å²) in [7, 11) is 1.96. The first-order valence-corrected chi connectivity index (χ1v) is 6.89. The summed E-state index contributed by atoms with van der Waals surface area (Å²) in [5.74, 6) is -1.00. The Kier molecular flexibility index (Phi) is 5.82. The molecule has 0 fully saturated rings. The van der Waals surface area contributed by atoms with E-state index in [1.165, 1.54) is 11.1 Å². The van der Waals surface area contributed by atoms with Gasteiger partial charge in [0.15, 0.2) is 0 Å². The van der Waals surface area contributed by atoms with Gasteiger partial charge in [0.2, 0.25) is 0 Å². The second-order valence-corrected chi connectivity index (χ2v) is 5.63. The van der Waals surface area contributed by atoms with Gasteiger partial charge in [0, 0.05) is 17.6 Å². The Balaban J connectivity index is 2.66. The summed E-state index contributed by atoms with van der Waals surface area (Å²) in [6.07, 6.45) is 0.664. The van der Waals surface area contributed by atoms with Crippen LogP contribution in [0, 0.1) is 12.8 Å². The van der Waals surface area contributed by atoms with Crippen LogP contribution in [0.5, 0.6) is 0 Å². The second kappa shape index (κ2) is 6.90. The molecule has 1 N–H and O–H groups in total. The maximum Gasteiger partial charge on any atom is 0.307 e. The number of hydrogen-bond donors (Lipinski definition) is 1. The summed E-state index contributed by atoms with van der Waals surface area (Å²) in [6, 6.07) is 6.18. The van der Waals surface area contributed by atoms with E-state index in [-0.39, 0.29) is 5.92 Å². The van der Waals surface area contributed by atoms with Crippen molar-refractivity contribution in [3.8, 4) is 0 Å². The van der Waals surface area contributed by atoms with Crippen LogP contribution < -0.4 is 0 Å². The van der Waals surface area contributed by atoms with Crippen molar-refractivity contribution < 1.29 is 9.90 Å². The number of nitrogens with zero attached hydrogens (tertiary/aromatic N) is 1. The highest BCUT2D eigenvalue weighted by Crippen LogP contribution is 2.18. The maximum atomic E-state index is 11.0. The molecule has 0 aliphatic rings. The fourth-order valence-corrected chi connectivity index (χ4v) is 2.33. The summed E-state index contributed by atoms with van der Waals surface area (Å²) in [6.45, 7) is 5.34. The molecule has 0 bridgehead atoms. The number of carboxylic acids is 1. The minimum Gasteiger partial charge on any atom is -0.481 e. The molecule has 3 nitrogen and oxygen atoms in total. The number of carbonyl (C=O) groups is 1. The van der Waals surface area contributed by atoms with Crippen LogP contribution in [0.3, 0.4) is 0 Å². The Morgan fingerprint density at radius 2 is 2.17 bits per heavy atom. The highest BCUT2D eigenvalue weighted by molar-refractivity contribution is 9.10. The van der Waals surface area contributed by atoms with Gasteiger partial charge in [-0.2, -0.15) is 0 Å². The number of rotatable bonds is 6. The molecule has 1 aromatic rings. The second-order valence-electron chi connectivity index (χ2n) is 4.71. The van der Waals surface area contributed by atoms with Crippen molar-refractivity contribution in [2.75, 3.05) is 13.6 Å². The van der Waals surface area contributed by atoms with E-state index >= 15 is 0 Å². The summed E-state index contributed by atoms with van der Waals surface area (Å²) in [5, 5.41) is 9.05. The van der Waals surface area contributed by atoms with Crippen LogP contribution in [-0.4, -0.2) is 29.6 Å². The van der Waals surface area contributed by atoms with Crippen LogP contribution in [0.2, 0.25) is 0 Å². The molecule has 1 unspecified atom stereocenters. The van der Waals surface area contributed by atoms with Crippen molar-refractivity contribution >= 4 is 21.9 Å². The van der Waals surface area contributed by atoms with E-state index < -0.39 is 5.97 Å². The monoisotopic (exact) mass is 313 g/mol. The Bertz CT molecular complexity index is 420. The zero-order valence-corrected chi connectivity index (χ0v) is 12.7. The lowest BCUT2D eigenvalue weighted by Crippen LogP contribution is -2.29. The third kappa shape index (κ3) is 4.42. The number of halogens is 1. The summed E-state index contributed by atoms with van der Waals surface area (Å²) in [5.41, 5.74) is 2.46. The molecule has 4 heteroatoms. The van der Waals surface area contributed by atoms with Crippen molar-refractivity contribution in [2.24, 2.45) is 5.92 Å². The van der Waals surface area contributed by atoms with E-state index in [0.717, 1.165) is 11.0 Å². The molecule has 0 aromatic heterocycles. The average Bonchev–Trinajstić information content (AvgIpc) is 2.30. The molecule has 0 aliphatic carbocycles. The zero-order valence-electron chi connectivity index (χ0n) is 11.1. The van der Waals surface area contributed by atoms with Gasteiger partial charge in [0.1, 0.15) is 0 Å². The van der Waals surface area contributed by atoms with Crippen molar-refractivity contribution in [3.63, 3.8) is 0 Å². The first-order valence-electron chi connectivity index (χ1n) is 6.10. The van der Waals surface area contributed by atoms with Crippen LogP contribution in [0.15, 0.2) is 22.7 Å². The molecular weight excluding hydrogens is 294 g/mol. The van der Waals surface area contributed by atoms with Crippen molar-refractivity contribution in [3.05, 3.63) is 33.8 Å².